The van der Waals surface area contributed by atoms with Crippen molar-refractivity contribution in [3.05, 3.63) is 0 Å². The topological polar surface area (TPSA) is 278 Å². The Morgan fingerprint density at radius 1 is 0.838 bits per heavy atom. The van der Waals surface area contributed by atoms with Crippen LogP contribution >= 0.6 is 11.8 Å². The molecule has 0 fully saturated rings. The van der Waals surface area contributed by atoms with E-state index in [2.05, 4.69) is 20.9 Å². The Kier molecular flexibility index (Phi) is 17.5. The first-order valence-electron chi connectivity index (χ1n) is 11.8. The van der Waals surface area contributed by atoms with E-state index in [-0.39, 0.29) is 31.8 Å². The van der Waals surface area contributed by atoms with Gasteiger partial charge in [-0.3, -0.25) is 24.2 Å². The van der Waals surface area contributed by atoms with E-state index in [1.54, 1.807) is 0 Å². The first-order chi connectivity index (χ1) is 17.4. The van der Waals surface area contributed by atoms with Crippen LogP contribution in [0.25, 0.3) is 0 Å². The van der Waals surface area contributed by atoms with Crippen molar-refractivity contribution in [3.63, 3.8) is 0 Å². The van der Waals surface area contributed by atoms with Crippen molar-refractivity contribution in [2.75, 3.05) is 25.1 Å². The molecule has 0 radical (unpaired) electrons. The molecule has 0 aliphatic rings. The molecule has 4 atom stereocenters. The number of aliphatic imine (C=N–C) groups is 1. The summed E-state index contributed by atoms with van der Waals surface area (Å²) in [5.41, 5.74) is 22.0. The summed E-state index contributed by atoms with van der Waals surface area (Å²) in [7, 11) is 0. The van der Waals surface area contributed by atoms with Gasteiger partial charge in [-0.05, 0) is 50.7 Å². The lowest BCUT2D eigenvalue weighted by atomic mass is 10.1. The van der Waals surface area contributed by atoms with Crippen LogP contribution in [0, 0.1) is 0 Å². The molecule has 212 valence electrons. The third-order valence-electron chi connectivity index (χ3n) is 5.12. The van der Waals surface area contributed by atoms with Crippen LogP contribution in [0.4, 0.5) is 0 Å². The molecular formula is C21H40N8O7S. The first kappa shape index (κ1) is 33.9. The van der Waals surface area contributed by atoms with Crippen LogP contribution in [0.1, 0.15) is 44.9 Å². The molecule has 0 saturated carbocycles. The normalized spacial score (nSPS) is 13.9. The second-order valence-electron chi connectivity index (χ2n) is 8.24. The number of carbonyl (C=O) groups is 5. The summed E-state index contributed by atoms with van der Waals surface area (Å²) < 4.78 is 0. The Morgan fingerprint density at radius 2 is 1.41 bits per heavy atom. The minimum atomic E-state index is -1.71. The van der Waals surface area contributed by atoms with Gasteiger partial charge in [0.2, 0.25) is 17.7 Å². The van der Waals surface area contributed by atoms with E-state index in [1.807, 2.05) is 6.26 Å². The van der Waals surface area contributed by atoms with Gasteiger partial charge in [0.15, 0.2) is 5.96 Å². The number of carboxylic acids is 2. The fourth-order valence-corrected chi connectivity index (χ4v) is 3.59. The first-order valence-corrected chi connectivity index (χ1v) is 13.2. The number of unbranched alkanes of at least 4 members (excludes halogenated alkanes) is 1. The zero-order valence-electron chi connectivity index (χ0n) is 21.0. The maximum absolute atomic E-state index is 13.1. The highest BCUT2D eigenvalue weighted by Crippen LogP contribution is 2.07. The number of guanidine groups is 1. The molecule has 0 aromatic carbocycles. The van der Waals surface area contributed by atoms with Gasteiger partial charge in [0.1, 0.15) is 18.1 Å². The van der Waals surface area contributed by atoms with E-state index in [0.29, 0.717) is 31.6 Å². The van der Waals surface area contributed by atoms with Gasteiger partial charge in [0.05, 0.1) is 12.5 Å². The summed E-state index contributed by atoms with van der Waals surface area (Å²) >= 11 is 1.45. The zero-order valence-corrected chi connectivity index (χ0v) is 21.8. The predicted octanol–water partition coefficient (Wildman–Crippen LogP) is -2.74. The summed E-state index contributed by atoms with van der Waals surface area (Å²) in [5.74, 6) is -4.73. The third-order valence-corrected chi connectivity index (χ3v) is 5.77. The fraction of sp³-hybridized carbons (Fsp3) is 0.714. The fourth-order valence-electron chi connectivity index (χ4n) is 3.11. The molecule has 15 nitrogen and oxygen atoms in total. The lowest BCUT2D eigenvalue weighted by molar-refractivity contribution is -0.147. The van der Waals surface area contributed by atoms with E-state index in [0.717, 1.165) is 0 Å². The second kappa shape index (κ2) is 19.1. The summed E-state index contributed by atoms with van der Waals surface area (Å²) in [6.45, 7) is 0.596. The van der Waals surface area contributed by atoms with Crippen LogP contribution in [0.15, 0.2) is 4.99 Å². The lowest BCUT2D eigenvalue weighted by Crippen LogP contribution is -2.57. The molecule has 13 N–H and O–H groups in total. The molecule has 3 amide bonds. The number of rotatable bonds is 20. The highest BCUT2D eigenvalue weighted by Gasteiger charge is 2.30. The number of nitrogens with one attached hydrogen (secondary N) is 3. The standard InChI is InChI=1S/C21H40N8O7S/c1-37-10-7-14(27-17(32)12(23)5-2-3-8-22)19(34)28-13(6-4-9-26-21(24)25)18(33)29-15(20(35)36)11-16(30)31/h12-15H,2-11,22-23H2,1H3,(H,27,32)(H,28,34)(H,29,33)(H,30,31)(H,35,36)(H4,24,25,26). The summed E-state index contributed by atoms with van der Waals surface area (Å²) in [6, 6.07) is -4.81. The Labute approximate surface area is 219 Å². The quantitative estimate of drug-likeness (QED) is 0.0425. The molecule has 4 unspecified atom stereocenters. The molecular weight excluding hydrogens is 508 g/mol. The smallest absolute Gasteiger partial charge is 0.326 e. The summed E-state index contributed by atoms with van der Waals surface area (Å²) in [4.78, 5) is 64.6. The molecule has 0 rings (SSSR count). The molecule has 37 heavy (non-hydrogen) atoms. The van der Waals surface area contributed by atoms with Gasteiger partial charge in [-0.25, -0.2) is 4.79 Å². The largest absolute Gasteiger partial charge is 0.481 e. The molecule has 0 aromatic heterocycles. The predicted molar refractivity (Wildman–Crippen MR) is 139 cm³/mol. The lowest BCUT2D eigenvalue weighted by Gasteiger charge is -2.25. The number of carbonyl (C=O) groups excluding carboxylic acids is 3. The van der Waals surface area contributed by atoms with Gasteiger partial charge >= 0.3 is 11.9 Å². The van der Waals surface area contributed by atoms with Crippen LogP contribution in [0.3, 0.4) is 0 Å². The third kappa shape index (κ3) is 15.6. The van der Waals surface area contributed by atoms with Crippen molar-refractivity contribution in [1.29, 1.82) is 0 Å². The van der Waals surface area contributed by atoms with Gasteiger partial charge in [-0.15, -0.1) is 0 Å². The van der Waals surface area contributed by atoms with Crippen LogP contribution in [-0.2, 0) is 24.0 Å². The Bertz CT molecular complexity index is 795. The average molecular weight is 549 g/mol. The van der Waals surface area contributed by atoms with Crippen molar-refractivity contribution in [2.45, 2.75) is 69.1 Å². The van der Waals surface area contributed by atoms with Crippen molar-refractivity contribution >= 4 is 47.4 Å². The maximum atomic E-state index is 13.1. The second-order valence-corrected chi connectivity index (χ2v) is 9.23. The molecule has 16 heteroatoms. The minimum absolute atomic E-state index is 0.00948. The van der Waals surface area contributed by atoms with Crippen molar-refractivity contribution in [2.24, 2.45) is 27.9 Å². The number of nitrogens with zero attached hydrogens (tertiary/aromatic N) is 1. The number of aliphatic carboxylic acids is 2. The van der Waals surface area contributed by atoms with Gasteiger partial charge < -0.3 is 49.1 Å². The van der Waals surface area contributed by atoms with Gasteiger partial charge in [0, 0.05) is 6.54 Å². The molecule has 0 aliphatic carbocycles. The van der Waals surface area contributed by atoms with Crippen LogP contribution in [0.2, 0.25) is 0 Å². The monoisotopic (exact) mass is 548 g/mol. The number of hydrogen-bond donors (Lipinski definition) is 9. The van der Waals surface area contributed by atoms with Gasteiger partial charge in [-0.2, -0.15) is 11.8 Å². The zero-order chi connectivity index (χ0) is 28.4. The van der Waals surface area contributed by atoms with Crippen molar-refractivity contribution in [1.82, 2.24) is 16.0 Å². The molecule has 0 heterocycles. The Morgan fingerprint density at radius 3 is 1.92 bits per heavy atom. The maximum Gasteiger partial charge on any atom is 0.326 e. The molecule has 0 aromatic rings. The molecule has 0 aliphatic heterocycles. The van der Waals surface area contributed by atoms with Crippen molar-refractivity contribution < 1.29 is 34.2 Å². The number of carboxylic acid groups (broad SMARTS) is 2. The van der Waals surface area contributed by atoms with E-state index in [1.165, 1.54) is 11.8 Å². The molecule has 0 spiro atoms. The Hall–Kier alpha value is -3.11. The minimum Gasteiger partial charge on any atom is -0.481 e. The van der Waals surface area contributed by atoms with E-state index < -0.39 is 60.2 Å². The van der Waals surface area contributed by atoms with Gasteiger partial charge in [0.25, 0.3) is 0 Å². The molecule has 0 bridgehead atoms. The summed E-state index contributed by atoms with van der Waals surface area (Å²) in [5, 5.41) is 25.4. The van der Waals surface area contributed by atoms with Crippen LogP contribution in [0.5, 0.6) is 0 Å². The number of hydrogen-bond acceptors (Lipinski definition) is 9. The Balaban J connectivity index is 5.55. The van der Waals surface area contributed by atoms with Gasteiger partial charge in [-0.1, -0.05) is 6.42 Å². The molecule has 0 saturated heterocycles. The number of amides is 3. The van der Waals surface area contributed by atoms with Crippen LogP contribution in [-0.4, -0.2) is 95.1 Å². The van der Waals surface area contributed by atoms with Crippen molar-refractivity contribution in [3.8, 4) is 0 Å². The number of thioether (sulfide) groups is 1. The van der Waals surface area contributed by atoms with Crippen LogP contribution < -0.4 is 38.9 Å². The number of nitrogens with two attached hydrogens (primary N) is 4. The average Bonchev–Trinajstić information content (AvgIpc) is 2.82. The van der Waals surface area contributed by atoms with E-state index >= 15 is 0 Å². The highest BCUT2D eigenvalue weighted by atomic mass is 32.2. The SMILES string of the molecule is CSCCC(NC(=O)C(N)CCCCN)C(=O)NC(CCCN=C(N)N)C(=O)NC(CC(=O)O)C(=O)O. The summed E-state index contributed by atoms with van der Waals surface area (Å²) in [6.07, 6.45) is 3.19. The van der Waals surface area contributed by atoms with E-state index in [4.69, 9.17) is 28.0 Å². The van der Waals surface area contributed by atoms with E-state index in [9.17, 15) is 29.1 Å². The highest BCUT2D eigenvalue weighted by molar-refractivity contribution is 7.98.